The Morgan fingerprint density at radius 2 is 1.96 bits per heavy atom. The number of hydrogen-bond donors (Lipinski definition) is 0. The number of carbonyl (C=O) groups is 1. The molecule has 3 nitrogen and oxygen atoms in total. The van der Waals surface area contributed by atoms with Gasteiger partial charge in [-0.2, -0.15) is 0 Å². The van der Waals surface area contributed by atoms with Gasteiger partial charge in [0.1, 0.15) is 0 Å². The summed E-state index contributed by atoms with van der Waals surface area (Å²) < 4.78 is 6.49. The van der Waals surface area contributed by atoms with Crippen LogP contribution >= 0.6 is 34.2 Å². The molecule has 0 aromatic heterocycles. The van der Waals surface area contributed by atoms with E-state index in [-0.39, 0.29) is 5.91 Å². The molecule has 0 aliphatic carbocycles. The van der Waals surface area contributed by atoms with E-state index in [9.17, 15) is 4.79 Å². The van der Waals surface area contributed by atoms with Gasteiger partial charge in [-0.3, -0.25) is 4.79 Å². The van der Waals surface area contributed by atoms with Crippen LogP contribution in [0.4, 0.5) is 0 Å². The fourth-order valence-electron chi connectivity index (χ4n) is 2.42. The van der Waals surface area contributed by atoms with Crippen molar-refractivity contribution in [1.29, 1.82) is 0 Å². The van der Waals surface area contributed by atoms with Crippen LogP contribution in [0.5, 0.6) is 0 Å². The van der Waals surface area contributed by atoms with Crippen LogP contribution in [0.1, 0.15) is 64.7 Å². The summed E-state index contributed by atoms with van der Waals surface area (Å²) in [5.74, 6) is 0.145. The van der Waals surface area contributed by atoms with Crippen LogP contribution in [-0.4, -0.2) is 37.6 Å². The fraction of sp³-hybridized carbons (Fsp3) is 0.737. The third-order valence-electron chi connectivity index (χ3n) is 3.99. The highest BCUT2D eigenvalue weighted by Crippen LogP contribution is 2.13. The van der Waals surface area contributed by atoms with Gasteiger partial charge in [-0.25, -0.2) is 0 Å². The fourth-order valence-corrected chi connectivity index (χ4v) is 3.00. The molecule has 0 bridgehead atoms. The van der Waals surface area contributed by atoms with Crippen molar-refractivity contribution >= 4 is 40.1 Å². The number of hydrogen-bond acceptors (Lipinski definition) is 2. The van der Waals surface area contributed by atoms with E-state index in [1.165, 1.54) is 37.6 Å². The molecule has 0 radical (unpaired) electrons. The highest BCUT2D eigenvalue weighted by Gasteiger charge is 2.08. The van der Waals surface area contributed by atoms with Crippen LogP contribution in [0.2, 0.25) is 0 Å². The predicted molar refractivity (Wildman–Crippen MR) is 113 cm³/mol. The Balaban J connectivity index is 3.86. The first-order valence-corrected chi connectivity index (χ1v) is 10.4. The molecule has 0 saturated heterocycles. The number of ether oxygens (including phenoxy) is 1. The van der Waals surface area contributed by atoms with Crippen LogP contribution in [0.3, 0.4) is 0 Å². The second-order valence-electron chi connectivity index (χ2n) is 6.11. The minimum Gasteiger partial charge on any atom is -0.381 e. The van der Waals surface area contributed by atoms with Crippen molar-refractivity contribution < 1.29 is 9.53 Å². The zero-order valence-corrected chi connectivity index (χ0v) is 18.3. The second-order valence-corrected chi connectivity index (χ2v) is 7.72. The van der Waals surface area contributed by atoms with Gasteiger partial charge in [0.2, 0.25) is 5.91 Å². The molecule has 140 valence electrons. The van der Waals surface area contributed by atoms with Gasteiger partial charge in [-0.1, -0.05) is 62.8 Å². The Kier molecular flexibility index (Phi) is 16.4. The number of nitrogens with zero attached hydrogens (tertiary/aromatic N) is 1. The molecule has 1 amide bonds. The number of amides is 1. The molecule has 0 spiro atoms. The van der Waals surface area contributed by atoms with Crippen molar-refractivity contribution in [2.24, 2.45) is 0 Å². The van der Waals surface area contributed by atoms with Crippen LogP contribution in [0.25, 0.3) is 0 Å². The summed E-state index contributed by atoms with van der Waals surface area (Å²) in [6.07, 6.45) is 14.4. The van der Waals surface area contributed by atoms with Gasteiger partial charge in [-0.15, -0.1) is 0 Å². The van der Waals surface area contributed by atoms with Crippen LogP contribution in [-0.2, 0) is 9.53 Å². The quantitative estimate of drug-likeness (QED) is 0.176. The highest BCUT2D eigenvalue weighted by atomic mass is 127. The standard InChI is InChI=1S/C19H33ClINO2/c1-4-5-6-7-9-12-18(24-3)13-10-8-11-14-19(23)22(2)16-17(21)15-20/h8,10,15,18H,4-7,9,11-14,16H2,1-3H3/b10-8+,17-15-/t18-/m0/s1. The lowest BCUT2D eigenvalue weighted by Crippen LogP contribution is -2.27. The predicted octanol–water partition coefficient (Wildman–Crippen LogP) is 6.06. The highest BCUT2D eigenvalue weighted by molar-refractivity contribution is 14.1. The van der Waals surface area contributed by atoms with Crippen LogP contribution in [0, 0.1) is 0 Å². The van der Waals surface area contributed by atoms with Crippen molar-refractivity contribution in [3.63, 3.8) is 0 Å². The molecule has 0 heterocycles. The molecule has 24 heavy (non-hydrogen) atoms. The summed E-state index contributed by atoms with van der Waals surface area (Å²) in [4.78, 5) is 13.7. The first-order chi connectivity index (χ1) is 11.5. The number of unbranched alkanes of at least 4 members (excludes halogenated alkanes) is 4. The van der Waals surface area contributed by atoms with Gasteiger partial charge in [-0.05, 0) is 41.9 Å². The third-order valence-corrected chi connectivity index (χ3v) is 5.27. The van der Waals surface area contributed by atoms with E-state index >= 15 is 0 Å². The van der Waals surface area contributed by atoms with Crippen molar-refractivity contribution in [3.05, 3.63) is 21.3 Å². The number of rotatable bonds is 14. The molecule has 0 aromatic rings. The molecule has 0 N–H and O–H groups in total. The Bertz CT molecular complexity index is 386. The van der Waals surface area contributed by atoms with E-state index in [1.54, 1.807) is 12.0 Å². The average Bonchev–Trinajstić information content (AvgIpc) is 2.58. The zero-order chi connectivity index (χ0) is 18.2. The Labute approximate surface area is 167 Å². The lowest BCUT2D eigenvalue weighted by molar-refractivity contribution is -0.129. The molecule has 5 heteroatoms. The normalized spacial score (nSPS) is 13.5. The van der Waals surface area contributed by atoms with Gasteiger partial charge in [0.25, 0.3) is 0 Å². The number of likely N-dealkylation sites (N-methyl/N-ethyl adjacent to an activating group) is 1. The van der Waals surface area contributed by atoms with E-state index < -0.39 is 0 Å². The van der Waals surface area contributed by atoms with E-state index in [2.05, 4.69) is 41.7 Å². The SMILES string of the molecule is CCCCCCC[C@@H](C/C=C/CCC(=O)N(C)C/C(I)=C/Cl)OC. The lowest BCUT2D eigenvalue weighted by atomic mass is 10.1. The molecule has 1 atom stereocenters. The molecular weight excluding hydrogens is 437 g/mol. The maximum absolute atomic E-state index is 12.0. The summed E-state index contributed by atoms with van der Waals surface area (Å²) in [7, 11) is 3.60. The first-order valence-electron chi connectivity index (χ1n) is 8.91. The zero-order valence-electron chi connectivity index (χ0n) is 15.4. The van der Waals surface area contributed by atoms with Crippen molar-refractivity contribution in [3.8, 4) is 0 Å². The smallest absolute Gasteiger partial charge is 0.222 e. The summed E-state index contributed by atoms with van der Waals surface area (Å²) in [6, 6.07) is 0. The topological polar surface area (TPSA) is 29.5 Å². The molecule has 0 saturated carbocycles. The first kappa shape index (κ1) is 23.9. The maximum atomic E-state index is 12.0. The van der Waals surface area contributed by atoms with Gasteiger partial charge >= 0.3 is 0 Å². The summed E-state index contributed by atoms with van der Waals surface area (Å²) in [5, 5.41) is 0. The number of allylic oxidation sites excluding steroid dienone is 1. The monoisotopic (exact) mass is 469 g/mol. The van der Waals surface area contributed by atoms with Gasteiger partial charge in [0.05, 0.1) is 12.6 Å². The number of carbonyl (C=O) groups excluding carboxylic acids is 1. The van der Waals surface area contributed by atoms with E-state index in [0.29, 0.717) is 19.1 Å². The lowest BCUT2D eigenvalue weighted by Gasteiger charge is -2.16. The van der Waals surface area contributed by atoms with E-state index in [0.717, 1.165) is 22.8 Å². The molecular formula is C19H33ClINO2. The Hall–Kier alpha value is -0.0700. The minimum atomic E-state index is 0.145. The van der Waals surface area contributed by atoms with E-state index in [1.807, 2.05) is 7.05 Å². The van der Waals surface area contributed by atoms with Crippen LogP contribution in [0.15, 0.2) is 21.3 Å². The van der Waals surface area contributed by atoms with Gasteiger partial charge in [0, 0.05) is 29.7 Å². The van der Waals surface area contributed by atoms with Gasteiger partial charge < -0.3 is 9.64 Å². The molecule has 0 aromatic carbocycles. The third kappa shape index (κ3) is 13.2. The Morgan fingerprint density at radius 3 is 2.58 bits per heavy atom. The summed E-state index contributed by atoms with van der Waals surface area (Å²) in [5.41, 5.74) is 1.51. The minimum absolute atomic E-state index is 0.145. The summed E-state index contributed by atoms with van der Waals surface area (Å²) in [6.45, 7) is 2.82. The number of methoxy groups -OCH3 is 1. The van der Waals surface area contributed by atoms with E-state index in [4.69, 9.17) is 16.3 Å². The van der Waals surface area contributed by atoms with Crippen molar-refractivity contribution in [2.75, 3.05) is 20.7 Å². The van der Waals surface area contributed by atoms with Crippen molar-refractivity contribution in [2.45, 2.75) is 70.8 Å². The molecule has 0 aliphatic rings. The average molecular weight is 470 g/mol. The number of halogens is 2. The van der Waals surface area contributed by atoms with Crippen LogP contribution < -0.4 is 0 Å². The van der Waals surface area contributed by atoms with Gasteiger partial charge in [0.15, 0.2) is 0 Å². The maximum Gasteiger partial charge on any atom is 0.222 e. The molecule has 0 rings (SSSR count). The largest absolute Gasteiger partial charge is 0.381 e. The molecule has 0 fully saturated rings. The second kappa shape index (κ2) is 16.4. The summed E-state index contributed by atoms with van der Waals surface area (Å²) >= 11 is 7.76. The van der Waals surface area contributed by atoms with Crippen molar-refractivity contribution in [1.82, 2.24) is 4.90 Å². The Morgan fingerprint density at radius 1 is 1.25 bits per heavy atom. The molecule has 0 unspecified atom stereocenters. The molecule has 0 aliphatic heterocycles.